The van der Waals surface area contributed by atoms with Gasteiger partial charge in [-0.2, -0.15) is 0 Å². The summed E-state index contributed by atoms with van der Waals surface area (Å²) in [5, 5.41) is 15.0. The summed E-state index contributed by atoms with van der Waals surface area (Å²) in [5.41, 5.74) is 4.15. The summed E-state index contributed by atoms with van der Waals surface area (Å²) < 4.78 is 30.4. The van der Waals surface area contributed by atoms with Gasteiger partial charge in [0.2, 0.25) is 5.75 Å². The Morgan fingerprint density at radius 2 is 1.66 bits per heavy atom. The zero-order valence-corrected chi connectivity index (χ0v) is 26.8. The largest absolute Gasteiger partial charge is 0.502 e. The van der Waals surface area contributed by atoms with Crippen LogP contribution >= 0.6 is 0 Å². The van der Waals surface area contributed by atoms with Gasteiger partial charge >= 0.3 is 0 Å². The molecular weight excluding hydrogens is 556 g/mol. The molecule has 0 aromatic heterocycles. The molecule has 3 aliphatic rings. The van der Waals surface area contributed by atoms with Gasteiger partial charge < -0.3 is 34.1 Å². The lowest BCUT2D eigenvalue weighted by molar-refractivity contribution is 0.0239. The van der Waals surface area contributed by atoms with Crippen LogP contribution in [0.4, 0.5) is 0 Å². The van der Waals surface area contributed by atoms with Crippen LogP contribution in [-0.4, -0.2) is 63.6 Å². The first-order chi connectivity index (χ1) is 21.1. The number of hydrogen-bond donors (Lipinski definition) is 2. The van der Waals surface area contributed by atoms with Gasteiger partial charge in [-0.1, -0.05) is 24.8 Å². The van der Waals surface area contributed by atoms with Crippen molar-refractivity contribution >= 4 is 0 Å². The van der Waals surface area contributed by atoms with Crippen molar-refractivity contribution in [2.45, 2.75) is 50.8 Å². The second-order valence-electron chi connectivity index (χ2n) is 12.0. The van der Waals surface area contributed by atoms with Crippen molar-refractivity contribution in [3.63, 3.8) is 0 Å². The average molecular weight is 601 g/mol. The fraction of sp³-hybridized carbons (Fsp3) is 0.389. The predicted molar refractivity (Wildman–Crippen MR) is 172 cm³/mol. The van der Waals surface area contributed by atoms with Crippen LogP contribution in [0.5, 0.6) is 34.5 Å². The number of hydrogen-bond acceptors (Lipinski definition) is 8. The van der Waals surface area contributed by atoms with Crippen LogP contribution in [0.2, 0.25) is 0 Å². The van der Waals surface area contributed by atoms with Gasteiger partial charge in [0.25, 0.3) is 0 Å². The molecule has 44 heavy (non-hydrogen) atoms. The highest BCUT2D eigenvalue weighted by Crippen LogP contribution is 2.49. The lowest BCUT2D eigenvalue weighted by atomic mass is 9.87. The van der Waals surface area contributed by atoms with E-state index in [1.807, 2.05) is 57.3 Å². The minimum atomic E-state index is -0.829. The fourth-order valence-corrected chi connectivity index (χ4v) is 5.88. The van der Waals surface area contributed by atoms with Crippen molar-refractivity contribution in [2.75, 3.05) is 42.0 Å². The summed E-state index contributed by atoms with van der Waals surface area (Å²) in [6.07, 6.45) is 4.04. The average Bonchev–Trinajstić information content (AvgIpc) is 3.02. The van der Waals surface area contributed by atoms with Gasteiger partial charge in [0.1, 0.15) is 17.1 Å². The minimum absolute atomic E-state index is 0.0483. The molecule has 0 fully saturated rings. The summed E-state index contributed by atoms with van der Waals surface area (Å²) in [6, 6.07) is 15.8. The van der Waals surface area contributed by atoms with Crippen LogP contribution in [0, 0.1) is 0 Å². The summed E-state index contributed by atoms with van der Waals surface area (Å²) in [7, 11) is 8.87. The topological polar surface area (TPSA) is 81.7 Å². The number of ether oxygens (including phenoxy) is 5. The maximum absolute atomic E-state index is 11.6. The Bertz CT molecular complexity index is 1550. The number of aromatic hydroxyl groups is 1. The smallest absolute Gasteiger partial charge is 0.201 e. The number of fused-ring (bicyclic) bond motifs is 6. The van der Waals surface area contributed by atoms with E-state index in [0.29, 0.717) is 41.6 Å². The van der Waals surface area contributed by atoms with E-state index in [2.05, 4.69) is 42.0 Å². The second kappa shape index (κ2) is 12.9. The third-order valence-electron chi connectivity index (χ3n) is 8.84. The number of phenolic OH excluding ortho intramolecular Hbond substituents is 1. The van der Waals surface area contributed by atoms with Gasteiger partial charge in [0.15, 0.2) is 23.0 Å². The summed E-state index contributed by atoms with van der Waals surface area (Å²) in [5.74, 6) is 3.23. The number of methoxy groups -OCH3 is 3. The van der Waals surface area contributed by atoms with Gasteiger partial charge in [-0.3, -0.25) is 4.90 Å². The van der Waals surface area contributed by atoms with Gasteiger partial charge in [-0.25, -0.2) is 0 Å². The predicted octanol–water partition coefficient (Wildman–Crippen LogP) is 6.36. The zero-order chi connectivity index (χ0) is 31.6. The first-order valence-corrected chi connectivity index (χ1v) is 15.0. The first-order valence-electron chi connectivity index (χ1n) is 15.0. The molecule has 0 amide bonds. The van der Waals surface area contributed by atoms with Gasteiger partial charge in [0, 0.05) is 31.3 Å². The Morgan fingerprint density at radius 3 is 2.32 bits per heavy atom. The second-order valence-corrected chi connectivity index (χ2v) is 12.0. The molecule has 4 bridgehead atoms. The molecule has 6 rings (SSSR count). The van der Waals surface area contributed by atoms with Crippen LogP contribution in [0.15, 0.2) is 72.5 Å². The third kappa shape index (κ3) is 6.29. The third-order valence-corrected chi connectivity index (χ3v) is 8.84. The van der Waals surface area contributed by atoms with Crippen molar-refractivity contribution in [1.29, 1.82) is 0 Å². The quantitative estimate of drug-likeness (QED) is 0.350. The molecule has 0 saturated carbocycles. The fourth-order valence-electron chi connectivity index (χ4n) is 5.88. The highest BCUT2D eigenvalue weighted by atomic mass is 16.5. The Morgan fingerprint density at radius 1 is 0.955 bits per heavy atom. The van der Waals surface area contributed by atoms with Crippen molar-refractivity contribution in [1.82, 2.24) is 10.2 Å². The normalized spacial score (nSPS) is 20.3. The van der Waals surface area contributed by atoms with Crippen LogP contribution < -0.4 is 24.3 Å². The van der Waals surface area contributed by atoms with Gasteiger partial charge in [0.05, 0.1) is 14.2 Å². The highest BCUT2D eigenvalue weighted by molar-refractivity contribution is 5.61. The van der Waals surface area contributed by atoms with E-state index >= 15 is 0 Å². The van der Waals surface area contributed by atoms with Crippen molar-refractivity contribution in [3.8, 4) is 34.5 Å². The molecule has 0 unspecified atom stereocenters. The maximum atomic E-state index is 11.6. The Labute approximate surface area is 260 Å². The molecule has 2 N–H and O–H groups in total. The number of benzene rings is 3. The molecule has 3 aliphatic heterocycles. The number of nitrogens with zero attached hydrogens (tertiary/aromatic N) is 1. The molecule has 3 aromatic carbocycles. The number of phenols is 1. The first kappa shape index (κ1) is 31.4. The molecule has 0 radical (unpaired) electrons. The lowest BCUT2D eigenvalue weighted by Crippen LogP contribution is -2.35. The van der Waals surface area contributed by atoms with Crippen molar-refractivity contribution < 1.29 is 28.8 Å². The molecule has 3 aromatic rings. The molecule has 8 nitrogen and oxygen atoms in total. The van der Waals surface area contributed by atoms with Crippen molar-refractivity contribution in [2.24, 2.45) is 0 Å². The number of nitrogens with one attached hydrogen (secondary N) is 1. The van der Waals surface area contributed by atoms with Crippen molar-refractivity contribution in [3.05, 3.63) is 94.8 Å². The number of rotatable bonds is 5. The Kier molecular flexibility index (Phi) is 9.25. The minimum Gasteiger partial charge on any atom is -0.502 e. The molecular formula is C36H44N2O6. The van der Waals surface area contributed by atoms with Gasteiger partial charge in [-0.05, 0) is 106 Å². The Hall–Kier alpha value is -3.98. The molecule has 8 heteroatoms. The molecule has 0 saturated heterocycles. The SMILES string of the molecule is C=C1/C=C(\C(C)(C)OC)Oc2c(O)c(OC)cc3c2[C@H](Cc2ccc(OC)c(c2)Oc2ccc(cc2)C[C@@H]1NC)N(C)CC3. The monoisotopic (exact) mass is 600 g/mol. The van der Waals surface area contributed by atoms with E-state index in [-0.39, 0.29) is 17.8 Å². The van der Waals surface area contributed by atoms with E-state index in [1.54, 1.807) is 21.3 Å². The van der Waals surface area contributed by atoms with Crippen LogP contribution in [0.25, 0.3) is 0 Å². The highest BCUT2D eigenvalue weighted by Gasteiger charge is 2.35. The van der Waals surface area contributed by atoms with Crippen LogP contribution in [0.3, 0.4) is 0 Å². The van der Waals surface area contributed by atoms with Gasteiger partial charge in [-0.15, -0.1) is 0 Å². The molecule has 3 heterocycles. The molecule has 0 spiro atoms. The molecule has 0 aliphatic carbocycles. The summed E-state index contributed by atoms with van der Waals surface area (Å²) >= 11 is 0. The van der Waals surface area contributed by atoms with E-state index in [1.165, 1.54) is 0 Å². The van der Waals surface area contributed by atoms with E-state index in [4.69, 9.17) is 23.7 Å². The Balaban J connectivity index is 1.74. The number of likely N-dealkylation sites (N-methyl/N-ethyl adjacent to an activating group) is 2. The summed E-state index contributed by atoms with van der Waals surface area (Å²) in [4.78, 5) is 2.30. The lowest BCUT2D eigenvalue weighted by Gasteiger charge is -2.37. The zero-order valence-electron chi connectivity index (χ0n) is 26.8. The summed E-state index contributed by atoms with van der Waals surface area (Å²) in [6.45, 7) is 9.14. The van der Waals surface area contributed by atoms with E-state index in [0.717, 1.165) is 46.5 Å². The molecule has 234 valence electrons. The van der Waals surface area contributed by atoms with E-state index < -0.39 is 5.60 Å². The maximum Gasteiger partial charge on any atom is 0.201 e. The van der Waals surface area contributed by atoms with E-state index in [9.17, 15) is 5.11 Å². The standard InChI is InChI=1S/C36H44N2O6/c1-22-17-32(36(2,3)42-8)44-35-33-25(21-31(41-7)34(35)39)15-16-38(5)28(33)19-24-11-14-29(40-6)30(20-24)43-26-12-9-23(10-13-26)18-27(22)37-4/h9-14,17,20-21,27-28,37,39H,1,15-16,18-19H2,2-8H3/b32-17+/t27-,28-/m0/s1. The molecule has 2 atom stereocenters. The van der Waals surface area contributed by atoms with Crippen LogP contribution in [0.1, 0.15) is 42.1 Å². The van der Waals surface area contributed by atoms with Crippen LogP contribution in [-0.2, 0) is 24.0 Å².